The van der Waals surface area contributed by atoms with Gasteiger partial charge in [0.15, 0.2) is 17.4 Å². The van der Waals surface area contributed by atoms with E-state index < -0.39 is 0 Å². The van der Waals surface area contributed by atoms with E-state index in [-0.39, 0.29) is 17.4 Å². The first-order valence-corrected chi connectivity index (χ1v) is 6.90. The minimum atomic E-state index is 0. The summed E-state index contributed by atoms with van der Waals surface area (Å²) >= 11 is 0. The van der Waals surface area contributed by atoms with Crippen LogP contribution in [0.5, 0.6) is 0 Å². The van der Waals surface area contributed by atoms with Gasteiger partial charge in [0.25, 0.3) is 0 Å². The molecule has 0 aliphatic heterocycles. The quantitative estimate of drug-likeness (QED) is 0.546. The summed E-state index contributed by atoms with van der Waals surface area (Å²) in [4.78, 5) is 0. The van der Waals surface area contributed by atoms with Crippen LogP contribution in [-0.4, -0.2) is 17.4 Å². The first-order valence-electron chi connectivity index (χ1n) is 6.90. The van der Waals surface area contributed by atoms with Crippen molar-refractivity contribution in [3.05, 3.63) is 0 Å². The van der Waals surface area contributed by atoms with Crippen LogP contribution < -0.4 is 0 Å². The van der Waals surface area contributed by atoms with Crippen molar-refractivity contribution in [1.82, 2.24) is 0 Å². The lowest BCUT2D eigenvalue weighted by molar-refractivity contribution is -0.202. The molecule has 7 aliphatic carbocycles. The Hall–Kier alpha value is 0.532. The van der Waals surface area contributed by atoms with Crippen LogP contribution in [0.4, 0.5) is 0 Å². The van der Waals surface area contributed by atoms with Crippen LogP contribution >= 0.6 is 0 Å². The largest absolute Gasteiger partial charge is 0.187 e. The third-order valence-corrected chi connectivity index (χ3v) is 6.93. The van der Waals surface area contributed by atoms with Gasteiger partial charge in [-0.3, -0.25) is 0 Å². The van der Waals surface area contributed by atoms with Gasteiger partial charge in [0.2, 0.25) is 0 Å². The summed E-state index contributed by atoms with van der Waals surface area (Å²) < 4.78 is 0. The molecule has 0 aromatic rings. The van der Waals surface area contributed by atoms with E-state index in [4.69, 9.17) is 0 Å². The van der Waals surface area contributed by atoms with E-state index in [0.717, 1.165) is 0 Å². The summed E-state index contributed by atoms with van der Waals surface area (Å²) in [6, 6.07) is 0. The van der Waals surface area contributed by atoms with E-state index in [1.54, 1.807) is 38.5 Å². The van der Waals surface area contributed by atoms with Crippen LogP contribution in [0.15, 0.2) is 0 Å². The van der Waals surface area contributed by atoms with E-state index in [1.807, 2.05) is 0 Å². The van der Waals surface area contributed by atoms with E-state index in [0.29, 0.717) is 0 Å². The van der Waals surface area contributed by atoms with Gasteiger partial charge >= 0.3 is 0 Å². The van der Waals surface area contributed by atoms with Gasteiger partial charge in [-0.2, -0.15) is 0 Å². The standard InChI is InChI=1S/C14H20.Al.3H/c1-7-2-12-10-4-8-5-11(9(1)10)13(3-7)14(12)6-8;;;;/h7-14H,1-6H2;;;;. The summed E-state index contributed by atoms with van der Waals surface area (Å²) in [5.74, 6) is 9.74. The Kier molecular flexibility index (Phi) is 1.82. The molecule has 0 unspecified atom stereocenters. The summed E-state index contributed by atoms with van der Waals surface area (Å²) in [5.41, 5.74) is 0. The van der Waals surface area contributed by atoms with Gasteiger partial charge in [0, 0.05) is 0 Å². The van der Waals surface area contributed by atoms with Crippen molar-refractivity contribution in [1.29, 1.82) is 0 Å². The Morgan fingerprint density at radius 1 is 0.400 bits per heavy atom. The first kappa shape index (κ1) is 9.55. The van der Waals surface area contributed by atoms with Crippen molar-refractivity contribution < 1.29 is 0 Å². The molecule has 7 saturated carbocycles. The third kappa shape index (κ3) is 0.969. The van der Waals surface area contributed by atoms with Crippen molar-refractivity contribution in [3.63, 3.8) is 0 Å². The van der Waals surface area contributed by atoms with Crippen molar-refractivity contribution >= 4 is 17.4 Å². The summed E-state index contributed by atoms with van der Waals surface area (Å²) in [7, 11) is 0. The second kappa shape index (κ2) is 2.85. The molecule has 0 amide bonds. The summed E-state index contributed by atoms with van der Waals surface area (Å²) in [6.07, 6.45) is 9.93. The number of rotatable bonds is 0. The van der Waals surface area contributed by atoms with E-state index in [2.05, 4.69) is 0 Å². The highest BCUT2D eigenvalue weighted by molar-refractivity contribution is 5.75. The molecule has 0 spiro atoms. The van der Waals surface area contributed by atoms with Gasteiger partial charge in [-0.1, -0.05) is 0 Å². The van der Waals surface area contributed by atoms with E-state index in [1.165, 1.54) is 47.3 Å². The fourth-order valence-corrected chi connectivity index (χ4v) is 6.89. The molecule has 0 radical (unpaired) electrons. The Morgan fingerprint density at radius 3 is 0.800 bits per heavy atom. The van der Waals surface area contributed by atoms with Crippen molar-refractivity contribution in [2.24, 2.45) is 47.3 Å². The Balaban J connectivity index is 0.000000648. The lowest BCUT2D eigenvalue weighted by Gasteiger charge is -2.69. The molecular weight excluding hydrogens is 195 g/mol. The van der Waals surface area contributed by atoms with Crippen LogP contribution in [0.2, 0.25) is 0 Å². The normalized spacial score (nSPS) is 67.2. The van der Waals surface area contributed by atoms with Gasteiger partial charge < -0.3 is 0 Å². The molecule has 0 nitrogen and oxygen atoms in total. The van der Waals surface area contributed by atoms with Gasteiger partial charge in [0.05, 0.1) is 0 Å². The maximum Gasteiger partial charge on any atom is 0.187 e. The predicted molar refractivity (Wildman–Crippen MR) is 65.6 cm³/mol. The zero-order chi connectivity index (χ0) is 8.86. The molecule has 0 aromatic heterocycles. The molecule has 0 N–H and O–H groups in total. The molecule has 7 aliphatic rings. The Bertz CT molecular complexity index is 210. The highest BCUT2D eigenvalue weighted by atomic mass is 27.0. The average molecular weight is 218 g/mol. The number of hydrogen-bond acceptors (Lipinski definition) is 0. The Morgan fingerprint density at radius 2 is 0.600 bits per heavy atom. The fraction of sp³-hybridized carbons (Fsp3) is 1.00. The van der Waals surface area contributed by atoms with Crippen LogP contribution in [0.25, 0.3) is 0 Å². The molecule has 7 fully saturated rings. The second-order valence-electron chi connectivity index (χ2n) is 7.13. The molecule has 0 saturated heterocycles. The van der Waals surface area contributed by atoms with Crippen LogP contribution in [0, 0.1) is 47.3 Å². The SMILES string of the molecule is C1C2CC3C4CC5CC(C14)C(C2)C3C5.[AlH3]. The van der Waals surface area contributed by atoms with Crippen LogP contribution in [-0.2, 0) is 0 Å². The fourth-order valence-electron chi connectivity index (χ4n) is 6.89. The maximum atomic E-state index is 1.65. The second-order valence-corrected chi connectivity index (χ2v) is 7.13. The monoisotopic (exact) mass is 218 g/mol. The molecular formula is C14H23Al. The molecule has 0 heterocycles. The molecule has 8 bridgehead atoms. The molecule has 7 rings (SSSR count). The molecule has 1 heteroatoms. The van der Waals surface area contributed by atoms with Crippen LogP contribution in [0.1, 0.15) is 38.5 Å². The molecule has 15 heavy (non-hydrogen) atoms. The molecule has 0 aromatic carbocycles. The lowest BCUT2D eigenvalue weighted by Crippen LogP contribution is -2.62. The Labute approximate surface area is 103 Å². The van der Waals surface area contributed by atoms with E-state index >= 15 is 0 Å². The van der Waals surface area contributed by atoms with Crippen LogP contribution in [0.3, 0.4) is 0 Å². The first-order chi connectivity index (χ1) is 6.90. The third-order valence-electron chi connectivity index (χ3n) is 6.93. The van der Waals surface area contributed by atoms with Gasteiger partial charge in [-0.15, -0.1) is 0 Å². The number of hydrogen-bond donors (Lipinski definition) is 0. The highest BCUT2D eigenvalue weighted by Crippen LogP contribution is 2.71. The smallest absolute Gasteiger partial charge is 0.0470 e. The highest BCUT2D eigenvalue weighted by Gasteiger charge is 2.63. The summed E-state index contributed by atoms with van der Waals surface area (Å²) in [5, 5.41) is 0. The zero-order valence-electron chi connectivity index (χ0n) is 8.86. The minimum absolute atomic E-state index is 0. The zero-order valence-corrected chi connectivity index (χ0v) is 8.86. The predicted octanol–water partition coefficient (Wildman–Crippen LogP) is 2.14. The van der Waals surface area contributed by atoms with Crippen molar-refractivity contribution in [2.45, 2.75) is 38.5 Å². The van der Waals surface area contributed by atoms with E-state index in [9.17, 15) is 0 Å². The van der Waals surface area contributed by atoms with Gasteiger partial charge in [0.1, 0.15) is 0 Å². The topological polar surface area (TPSA) is 0 Å². The minimum Gasteiger partial charge on any atom is -0.0470 e. The van der Waals surface area contributed by atoms with Crippen molar-refractivity contribution in [2.75, 3.05) is 0 Å². The van der Waals surface area contributed by atoms with Gasteiger partial charge in [-0.05, 0) is 85.9 Å². The molecule has 0 atom stereocenters. The lowest BCUT2D eigenvalue weighted by atomic mass is 9.36. The van der Waals surface area contributed by atoms with Gasteiger partial charge in [-0.25, -0.2) is 0 Å². The maximum absolute atomic E-state index is 1.65. The van der Waals surface area contributed by atoms with Crippen molar-refractivity contribution in [3.8, 4) is 0 Å². The summed E-state index contributed by atoms with van der Waals surface area (Å²) in [6.45, 7) is 0. The average Bonchev–Trinajstić information content (AvgIpc) is 2.24. The molecule has 82 valence electrons.